The molecule has 106 valence electrons. The summed E-state index contributed by atoms with van der Waals surface area (Å²) in [5, 5.41) is 0. The molecule has 1 fully saturated rings. The van der Waals surface area contributed by atoms with Gasteiger partial charge in [0.15, 0.2) is 0 Å². The van der Waals surface area contributed by atoms with E-state index in [0.717, 1.165) is 19.3 Å². The Bertz CT molecular complexity index is 363. The maximum atomic E-state index is 6.44. The molecular formula is C17H27NO. The van der Waals surface area contributed by atoms with E-state index >= 15 is 0 Å². The van der Waals surface area contributed by atoms with Gasteiger partial charge in [0.2, 0.25) is 0 Å². The van der Waals surface area contributed by atoms with Gasteiger partial charge in [-0.15, -0.1) is 0 Å². The molecule has 0 aromatic heterocycles. The van der Waals surface area contributed by atoms with Crippen LogP contribution in [0.1, 0.15) is 56.6 Å². The van der Waals surface area contributed by atoms with Crippen molar-refractivity contribution in [1.82, 2.24) is 0 Å². The highest BCUT2D eigenvalue weighted by Gasteiger charge is 2.26. The zero-order chi connectivity index (χ0) is 13.6. The summed E-state index contributed by atoms with van der Waals surface area (Å²) in [6.45, 7) is 3.56. The molecule has 0 atom stereocenters. The molecule has 1 saturated carbocycles. The van der Waals surface area contributed by atoms with Crippen LogP contribution in [0.15, 0.2) is 24.3 Å². The van der Waals surface area contributed by atoms with Crippen LogP contribution in [0.2, 0.25) is 0 Å². The standard InChI is InChI=1S/C17H27NO/c1-2-15-7-9-16(10-8-15)13-19-14-17(18)11-5-3-4-6-12-17/h7-10H,2-6,11-14,18H2,1H3. The summed E-state index contributed by atoms with van der Waals surface area (Å²) in [6, 6.07) is 8.69. The molecule has 0 heterocycles. The summed E-state index contributed by atoms with van der Waals surface area (Å²) in [4.78, 5) is 0. The lowest BCUT2D eigenvalue weighted by atomic mass is 9.92. The largest absolute Gasteiger partial charge is 0.375 e. The summed E-state index contributed by atoms with van der Waals surface area (Å²) < 4.78 is 5.87. The molecule has 0 bridgehead atoms. The molecule has 1 aromatic carbocycles. The normalized spacial score (nSPS) is 19.1. The van der Waals surface area contributed by atoms with Gasteiger partial charge in [-0.25, -0.2) is 0 Å². The third-order valence-electron chi connectivity index (χ3n) is 4.19. The van der Waals surface area contributed by atoms with Gasteiger partial charge in [-0.1, -0.05) is 56.9 Å². The Labute approximate surface area is 117 Å². The molecule has 0 unspecified atom stereocenters. The zero-order valence-electron chi connectivity index (χ0n) is 12.2. The zero-order valence-corrected chi connectivity index (χ0v) is 12.2. The van der Waals surface area contributed by atoms with Crippen LogP contribution in [0.25, 0.3) is 0 Å². The Morgan fingerprint density at radius 3 is 2.16 bits per heavy atom. The van der Waals surface area contributed by atoms with Gasteiger partial charge in [0.1, 0.15) is 0 Å². The van der Waals surface area contributed by atoms with Gasteiger partial charge in [-0.05, 0) is 30.4 Å². The molecule has 2 heteroatoms. The summed E-state index contributed by atoms with van der Waals surface area (Å²) in [7, 11) is 0. The predicted octanol–water partition coefficient (Wildman–Crippen LogP) is 3.82. The number of hydrogen-bond acceptors (Lipinski definition) is 2. The number of rotatable bonds is 5. The Morgan fingerprint density at radius 2 is 1.58 bits per heavy atom. The Kier molecular flexibility index (Phi) is 5.41. The molecule has 1 aliphatic carbocycles. The van der Waals surface area contributed by atoms with E-state index in [-0.39, 0.29) is 5.54 Å². The number of aryl methyl sites for hydroxylation is 1. The Balaban J connectivity index is 1.78. The second kappa shape index (κ2) is 7.06. The van der Waals surface area contributed by atoms with Crippen molar-refractivity contribution in [3.63, 3.8) is 0 Å². The van der Waals surface area contributed by atoms with Gasteiger partial charge in [0.25, 0.3) is 0 Å². The minimum Gasteiger partial charge on any atom is -0.375 e. The Hall–Kier alpha value is -0.860. The summed E-state index contributed by atoms with van der Waals surface area (Å²) >= 11 is 0. The molecular weight excluding hydrogens is 234 g/mol. The quantitative estimate of drug-likeness (QED) is 0.818. The van der Waals surface area contributed by atoms with Crippen LogP contribution in [0.3, 0.4) is 0 Å². The number of nitrogens with two attached hydrogens (primary N) is 1. The third-order valence-corrected chi connectivity index (χ3v) is 4.19. The van der Waals surface area contributed by atoms with Crippen LogP contribution in [0, 0.1) is 0 Å². The van der Waals surface area contributed by atoms with Gasteiger partial charge in [-0.3, -0.25) is 0 Å². The van der Waals surface area contributed by atoms with Crippen LogP contribution in [0.4, 0.5) is 0 Å². The van der Waals surface area contributed by atoms with Crippen molar-refractivity contribution in [2.24, 2.45) is 5.73 Å². The predicted molar refractivity (Wildman–Crippen MR) is 80.1 cm³/mol. The van der Waals surface area contributed by atoms with Crippen molar-refractivity contribution < 1.29 is 4.74 Å². The molecule has 0 radical (unpaired) electrons. The van der Waals surface area contributed by atoms with Crippen LogP contribution >= 0.6 is 0 Å². The highest BCUT2D eigenvalue weighted by molar-refractivity contribution is 5.21. The first kappa shape index (κ1) is 14.5. The number of ether oxygens (including phenoxy) is 1. The van der Waals surface area contributed by atoms with E-state index < -0.39 is 0 Å². The highest BCUT2D eigenvalue weighted by atomic mass is 16.5. The fraction of sp³-hybridized carbons (Fsp3) is 0.647. The lowest BCUT2D eigenvalue weighted by Crippen LogP contribution is -2.43. The van der Waals surface area contributed by atoms with Crippen molar-refractivity contribution in [3.8, 4) is 0 Å². The lowest BCUT2D eigenvalue weighted by molar-refractivity contribution is 0.0667. The third kappa shape index (κ3) is 4.63. The van der Waals surface area contributed by atoms with Crippen molar-refractivity contribution >= 4 is 0 Å². The van der Waals surface area contributed by atoms with Crippen LogP contribution in [-0.2, 0) is 17.8 Å². The van der Waals surface area contributed by atoms with E-state index in [0.29, 0.717) is 13.2 Å². The SMILES string of the molecule is CCc1ccc(COCC2(N)CCCCCC2)cc1. The van der Waals surface area contributed by atoms with Gasteiger partial charge >= 0.3 is 0 Å². The molecule has 0 spiro atoms. The van der Waals surface area contributed by atoms with E-state index in [4.69, 9.17) is 10.5 Å². The van der Waals surface area contributed by atoms with Crippen molar-refractivity contribution in [3.05, 3.63) is 35.4 Å². The van der Waals surface area contributed by atoms with Gasteiger partial charge in [0.05, 0.1) is 13.2 Å². The average molecular weight is 261 g/mol. The first-order valence-corrected chi connectivity index (χ1v) is 7.66. The van der Waals surface area contributed by atoms with Gasteiger partial charge in [-0.2, -0.15) is 0 Å². The maximum absolute atomic E-state index is 6.44. The summed E-state index contributed by atoms with van der Waals surface area (Å²) in [5.41, 5.74) is 8.98. The summed E-state index contributed by atoms with van der Waals surface area (Å²) in [6.07, 6.45) is 8.49. The Morgan fingerprint density at radius 1 is 1.00 bits per heavy atom. The average Bonchev–Trinajstić information content (AvgIpc) is 2.65. The van der Waals surface area contributed by atoms with E-state index in [9.17, 15) is 0 Å². The number of benzene rings is 1. The second-order valence-electron chi connectivity index (χ2n) is 5.94. The van der Waals surface area contributed by atoms with Crippen molar-refractivity contribution in [1.29, 1.82) is 0 Å². The first-order chi connectivity index (χ1) is 9.22. The maximum Gasteiger partial charge on any atom is 0.0717 e. The molecule has 1 aromatic rings. The van der Waals surface area contributed by atoms with Crippen LogP contribution in [-0.4, -0.2) is 12.1 Å². The van der Waals surface area contributed by atoms with E-state index in [1.807, 2.05) is 0 Å². The molecule has 2 rings (SSSR count). The molecule has 1 aliphatic rings. The van der Waals surface area contributed by atoms with E-state index in [2.05, 4.69) is 31.2 Å². The van der Waals surface area contributed by atoms with Crippen LogP contribution < -0.4 is 5.73 Å². The lowest BCUT2D eigenvalue weighted by Gasteiger charge is -2.27. The molecule has 0 aliphatic heterocycles. The minimum absolute atomic E-state index is 0.0835. The molecule has 0 amide bonds. The fourth-order valence-corrected chi connectivity index (χ4v) is 2.82. The summed E-state index contributed by atoms with van der Waals surface area (Å²) in [5.74, 6) is 0. The minimum atomic E-state index is -0.0835. The highest BCUT2D eigenvalue weighted by Crippen LogP contribution is 2.25. The smallest absolute Gasteiger partial charge is 0.0717 e. The molecule has 0 saturated heterocycles. The van der Waals surface area contributed by atoms with E-state index in [1.165, 1.54) is 36.8 Å². The van der Waals surface area contributed by atoms with Gasteiger partial charge in [0, 0.05) is 5.54 Å². The fourth-order valence-electron chi connectivity index (χ4n) is 2.82. The molecule has 2 nitrogen and oxygen atoms in total. The molecule has 2 N–H and O–H groups in total. The topological polar surface area (TPSA) is 35.2 Å². The van der Waals surface area contributed by atoms with Crippen molar-refractivity contribution in [2.75, 3.05) is 6.61 Å². The first-order valence-electron chi connectivity index (χ1n) is 7.66. The van der Waals surface area contributed by atoms with Crippen molar-refractivity contribution in [2.45, 2.75) is 64.0 Å². The molecule has 19 heavy (non-hydrogen) atoms. The van der Waals surface area contributed by atoms with Gasteiger partial charge < -0.3 is 10.5 Å². The van der Waals surface area contributed by atoms with Crippen LogP contribution in [0.5, 0.6) is 0 Å². The second-order valence-corrected chi connectivity index (χ2v) is 5.94. The monoisotopic (exact) mass is 261 g/mol. The number of hydrogen-bond donors (Lipinski definition) is 1. The van der Waals surface area contributed by atoms with E-state index in [1.54, 1.807) is 0 Å².